The van der Waals surface area contributed by atoms with Crippen molar-refractivity contribution >= 4 is 11.8 Å². The standard InChI is InChI=1S/C16H31NO3.Na/c1-2-3-4-5-6-7-8-9-10-11-15(18)12-13-17-14-16(19)20;/h17H,2-14H2,1H3,(H,19,20);/q;+1/p-1. The summed E-state index contributed by atoms with van der Waals surface area (Å²) in [4.78, 5) is 21.6. The molecule has 0 saturated heterocycles. The van der Waals surface area contributed by atoms with Crippen LogP contribution in [0.1, 0.15) is 77.6 Å². The van der Waals surface area contributed by atoms with E-state index in [1.807, 2.05) is 0 Å². The molecule has 5 heteroatoms. The molecule has 1 N–H and O–H groups in total. The van der Waals surface area contributed by atoms with E-state index < -0.39 is 5.97 Å². The van der Waals surface area contributed by atoms with Crippen LogP contribution in [0.15, 0.2) is 0 Å². The average Bonchev–Trinajstić information content (AvgIpc) is 2.41. The molecular formula is C16H30NNaO3. The van der Waals surface area contributed by atoms with E-state index in [4.69, 9.17) is 0 Å². The van der Waals surface area contributed by atoms with Crippen LogP contribution in [0.25, 0.3) is 0 Å². The molecule has 0 aromatic rings. The molecule has 0 aliphatic rings. The van der Waals surface area contributed by atoms with E-state index in [0.717, 1.165) is 12.8 Å². The molecule has 0 aromatic heterocycles. The number of carbonyl (C=O) groups excluding carboxylic acids is 2. The second kappa shape index (κ2) is 18.1. The Hall–Kier alpha value is 0.100. The van der Waals surface area contributed by atoms with Gasteiger partial charge in [0.1, 0.15) is 5.78 Å². The van der Waals surface area contributed by atoms with Crippen LogP contribution in [0.2, 0.25) is 0 Å². The number of carboxylic acids is 1. The van der Waals surface area contributed by atoms with Crippen LogP contribution < -0.4 is 40.0 Å². The molecule has 0 radical (unpaired) electrons. The van der Waals surface area contributed by atoms with Crippen molar-refractivity contribution in [3.8, 4) is 0 Å². The molecule has 0 fully saturated rings. The molecule has 0 aliphatic carbocycles. The zero-order valence-corrected chi connectivity index (χ0v) is 15.9. The van der Waals surface area contributed by atoms with Gasteiger partial charge in [0, 0.05) is 25.9 Å². The third-order valence-corrected chi connectivity index (χ3v) is 3.41. The van der Waals surface area contributed by atoms with Gasteiger partial charge in [0.05, 0.1) is 5.97 Å². The monoisotopic (exact) mass is 307 g/mol. The molecular weight excluding hydrogens is 277 g/mol. The fourth-order valence-electron chi connectivity index (χ4n) is 2.18. The van der Waals surface area contributed by atoms with Gasteiger partial charge in [-0.25, -0.2) is 0 Å². The molecule has 0 unspecified atom stereocenters. The number of carboxylic acid groups (broad SMARTS) is 1. The number of Topliss-reactive ketones (excluding diaryl/α,β-unsaturated/α-hetero) is 1. The van der Waals surface area contributed by atoms with Gasteiger partial charge in [0.15, 0.2) is 0 Å². The van der Waals surface area contributed by atoms with E-state index in [1.54, 1.807) is 0 Å². The van der Waals surface area contributed by atoms with E-state index >= 15 is 0 Å². The summed E-state index contributed by atoms with van der Waals surface area (Å²) in [5.74, 6) is -0.907. The van der Waals surface area contributed by atoms with E-state index in [0.29, 0.717) is 19.4 Å². The summed E-state index contributed by atoms with van der Waals surface area (Å²) in [5, 5.41) is 12.8. The number of aliphatic carboxylic acids is 1. The minimum absolute atomic E-state index is 0. The number of ketones is 1. The first-order chi connectivity index (χ1) is 9.66. The summed E-state index contributed by atoms with van der Waals surface area (Å²) in [6, 6.07) is 0. The number of carbonyl (C=O) groups is 2. The van der Waals surface area contributed by atoms with E-state index in [-0.39, 0.29) is 41.9 Å². The first-order valence-corrected chi connectivity index (χ1v) is 8.09. The van der Waals surface area contributed by atoms with Crippen LogP contribution in [-0.2, 0) is 9.59 Å². The van der Waals surface area contributed by atoms with Gasteiger partial charge in [0.2, 0.25) is 0 Å². The van der Waals surface area contributed by atoms with Crippen LogP contribution in [0, 0.1) is 0 Å². The third-order valence-electron chi connectivity index (χ3n) is 3.41. The topological polar surface area (TPSA) is 69.2 Å². The SMILES string of the molecule is CCCCCCCCCCCC(=O)CCNCC(=O)[O-].[Na+]. The van der Waals surface area contributed by atoms with Crippen molar-refractivity contribution in [2.45, 2.75) is 77.6 Å². The van der Waals surface area contributed by atoms with Gasteiger partial charge in [-0.2, -0.15) is 0 Å². The third kappa shape index (κ3) is 20.1. The fraction of sp³-hybridized carbons (Fsp3) is 0.875. The van der Waals surface area contributed by atoms with E-state index in [2.05, 4.69) is 12.2 Å². The van der Waals surface area contributed by atoms with E-state index in [9.17, 15) is 14.7 Å². The minimum atomic E-state index is -1.13. The maximum atomic E-state index is 11.5. The predicted molar refractivity (Wildman–Crippen MR) is 79.3 cm³/mol. The van der Waals surface area contributed by atoms with Gasteiger partial charge in [-0.1, -0.05) is 58.3 Å². The molecule has 0 aromatic carbocycles. The normalized spacial score (nSPS) is 10.1. The van der Waals surface area contributed by atoms with Crippen molar-refractivity contribution in [3.05, 3.63) is 0 Å². The number of rotatable bonds is 15. The second-order valence-corrected chi connectivity index (χ2v) is 5.42. The van der Waals surface area contributed by atoms with Crippen LogP contribution in [0.5, 0.6) is 0 Å². The first kappa shape index (κ1) is 23.4. The summed E-state index contributed by atoms with van der Waals surface area (Å²) in [6.45, 7) is 2.49. The van der Waals surface area contributed by atoms with Crippen LogP contribution in [0.4, 0.5) is 0 Å². The minimum Gasteiger partial charge on any atom is -0.549 e. The second-order valence-electron chi connectivity index (χ2n) is 5.42. The maximum absolute atomic E-state index is 11.5. The molecule has 0 heterocycles. The molecule has 0 rings (SSSR count). The molecule has 0 saturated carbocycles. The Labute approximate surface area is 151 Å². The van der Waals surface area contributed by atoms with Gasteiger partial charge in [-0.05, 0) is 6.42 Å². The Morgan fingerprint density at radius 1 is 0.857 bits per heavy atom. The van der Waals surface area contributed by atoms with E-state index in [1.165, 1.54) is 44.9 Å². The Morgan fingerprint density at radius 3 is 1.90 bits per heavy atom. The van der Waals surface area contributed by atoms with Crippen LogP contribution in [0.3, 0.4) is 0 Å². The number of nitrogens with one attached hydrogen (secondary N) is 1. The Kier molecular flexibility index (Phi) is 20.2. The van der Waals surface area contributed by atoms with Gasteiger partial charge in [0.25, 0.3) is 0 Å². The molecule has 21 heavy (non-hydrogen) atoms. The number of unbranched alkanes of at least 4 members (excludes halogenated alkanes) is 8. The Morgan fingerprint density at radius 2 is 1.38 bits per heavy atom. The van der Waals surface area contributed by atoms with Gasteiger partial charge >= 0.3 is 29.6 Å². The quantitative estimate of drug-likeness (QED) is 0.318. The smallest absolute Gasteiger partial charge is 0.549 e. The molecule has 0 spiro atoms. The largest absolute Gasteiger partial charge is 1.00 e. The molecule has 4 nitrogen and oxygen atoms in total. The zero-order chi connectivity index (χ0) is 15.1. The summed E-state index contributed by atoms with van der Waals surface area (Å²) >= 11 is 0. The first-order valence-electron chi connectivity index (χ1n) is 8.09. The van der Waals surface area contributed by atoms with Gasteiger partial charge in [-0.3, -0.25) is 4.79 Å². The van der Waals surface area contributed by atoms with Crippen molar-refractivity contribution in [1.82, 2.24) is 5.32 Å². The Bertz CT molecular complexity index is 260. The number of hydrogen-bond donors (Lipinski definition) is 1. The zero-order valence-electron chi connectivity index (χ0n) is 13.9. The van der Waals surface area contributed by atoms with Crippen molar-refractivity contribution < 1.29 is 44.3 Å². The fourth-order valence-corrected chi connectivity index (χ4v) is 2.18. The van der Waals surface area contributed by atoms with Crippen molar-refractivity contribution in [3.63, 3.8) is 0 Å². The summed E-state index contributed by atoms with van der Waals surface area (Å²) in [7, 11) is 0. The van der Waals surface area contributed by atoms with Crippen molar-refractivity contribution in [2.75, 3.05) is 13.1 Å². The molecule has 0 atom stereocenters. The molecule has 0 bridgehead atoms. The average molecular weight is 307 g/mol. The molecule has 0 amide bonds. The summed E-state index contributed by atoms with van der Waals surface area (Å²) in [6.07, 6.45) is 12.3. The number of hydrogen-bond acceptors (Lipinski definition) is 4. The predicted octanol–water partition coefficient (Wildman–Crippen LogP) is -0.790. The van der Waals surface area contributed by atoms with Crippen molar-refractivity contribution in [1.29, 1.82) is 0 Å². The Balaban J connectivity index is 0. The maximum Gasteiger partial charge on any atom is 1.00 e. The molecule has 118 valence electrons. The summed E-state index contributed by atoms with van der Waals surface area (Å²) < 4.78 is 0. The summed E-state index contributed by atoms with van der Waals surface area (Å²) in [5.41, 5.74) is 0. The van der Waals surface area contributed by atoms with Crippen LogP contribution >= 0.6 is 0 Å². The van der Waals surface area contributed by atoms with Gasteiger partial charge < -0.3 is 15.2 Å². The van der Waals surface area contributed by atoms with Crippen molar-refractivity contribution in [2.24, 2.45) is 0 Å². The van der Waals surface area contributed by atoms with Crippen LogP contribution in [-0.4, -0.2) is 24.8 Å². The van der Waals surface area contributed by atoms with Gasteiger partial charge in [-0.15, -0.1) is 0 Å². The molecule has 0 aliphatic heterocycles.